The molecule has 5 nitrogen and oxygen atoms in total. The number of rotatable bonds is 4. The van der Waals surface area contributed by atoms with Gasteiger partial charge in [-0.2, -0.15) is 4.31 Å². The minimum absolute atomic E-state index is 0.0489. The molecule has 6 heteroatoms. The Labute approximate surface area is 115 Å². The molecule has 2 atom stereocenters. The van der Waals surface area contributed by atoms with E-state index in [4.69, 9.17) is 0 Å². The molecular formula is C13H23NO4S. The predicted octanol–water partition coefficient (Wildman–Crippen LogP) is 1.53. The van der Waals surface area contributed by atoms with Gasteiger partial charge in [0.15, 0.2) is 0 Å². The van der Waals surface area contributed by atoms with Crippen molar-refractivity contribution in [3.8, 4) is 0 Å². The van der Waals surface area contributed by atoms with E-state index in [2.05, 4.69) is 4.74 Å². The van der Waals surface area contributed by atoms with Crippen molar-refractivity contribution in [2.75, 3.05) is 19.4 Å². The lowest BCUT2D eigenvalue weighted by Gasteiger charge is -2.43. The Morgan fingerprint density at radius 2 is 1.89 bits per heavy atom. The van der Waals surface area contributed by atoms with Gasteiger partial charge >= 0.3 is 5.97 Å². The summed E-state index contributed by atoms with van der Waals surface area (Å²) in [6, 6.07) is 0.171. The summed E-state index contributed by atoms with van der Waals surface area (Å²) in [4.78, 5) is 11.1. The van der Waals surface area contributed by atoms with Gasteiger partial charge in [0.05, 0.1) is 19.3 Å². The number of esters is 1. The average Bonchev–Trinajstić information content (AvgIpc) is 2.44. The number of fused-ring (bicyclic) bond motifs is 1. The van der Waals surface area contributed by atoms with Crippen LogP contribution in [-0.2, 0) is 19.6 Å². The summed E-state index contributed by atoms with van der Waals surface area (Å²) >= 11 is 0. The van der Waals surface area contributed by atoms with Gasteiger partial charge in [-0.25, -0.2) is 8.42 Å². The van der Waals surface area contributed by atoms with E-state index in [1.165, 1.54) is 13.5 Å². The van der Waals surface area contributed by atoms with Crippen LogP contribution in [0.25, 0.3) is 0 Å². The molecule has 2 unspecified atom stereocenters. The Hall–Kier alpha value is -0.620. The standard InChI is InChI=1S/C13H23NO4S/c1-18-13(15)8-10-19(16,17)14-9-4-6-11-5-2-3-7-12(11)14/h11-12H,2-10H2,1H3. The van der Waals surface area contributed by atoms with Gasteiger partial charge in [-0.15, -0.1) is 0 Å². The van der Waals surface area contributed by atoms with Gasteiger partial charge in [0.2, 0.25) is 10.0 Å². The summed E-state index contributed by atoms with van der Waals surface area (Å²) in [5.41, 5.74) is 0. The molecule has 1 aliphatic carbocycles. The Morgan fingerprint density at radius 3 is 2.63 bits per heavy atom. The molecule has 2 aliphatic rings. The summed E-state index contributed by atoms with van der Waals surface area (Å²) in [7, 11) is -2.04. The zero-order valence-electron chi connectivity index (χ0n) is 11.5. The van der Waals surface area contributed by atoms with Gasteiger partial charge in [-0.1, -0.05) is 12.8 Å². The Balaban J connectivity index is 2.03. The van der Waals surface area contributed by atoms with Crippen LogP contribution in [0.4, 0.5) is 0 Å². The molecule has 2 rings (SSSR count). The largest absolute Gasteiger partial charge is 0.469 e. The second kappa shape index (κ2) is 6.22. The first-order valence-corrected chi connectivity index (χ1v) is 8.72. The number of hydrogen-bond acceptors (Lipinski definition) is 4. The van der Waals surface area contributed by atoms with E-state index in [-0.39, 0.29) is 18.2 Å². The molecule has 0 bridgehead atoms. The van der Waals surface area contributed by atoms with Gasteiger partial charge < -0.3 is 4.74 Å². The molecule has 1 saturated heterocycles. The lowest BCUT2D eigenvalue weighted by molar-refractivity contribution is -0.140. The minimum Gasteiger partial charge on any atom is -0.469 e. The van der Waals surface area contributed by atoms with Crippen molar-refractivity contribution in [1.82, 2.24) is 4.31 Å². The molecule has 110 valence electrons. The number of piperidine rings is 1. The van der Waals surface area contributed by atoms with E-state index in [1.807, 2.05) is 0 Å². The van der Waals surface area contributed by atoms with Gasteiger partial charge in [-0.3, -0.25) is 4.79 Å². The molecule has 2 fully saturated rings. The molecule has 0 amide bonds. The van der Waals surface area contributed by atoms with Crippen molar-refractivity contribution in [1.29, 1.82) is 0 Å². The minimum atomic E-state index is -3.33. The number of carbonyl (C=O) groups excluding carboxylic acids is 1. The molecule has 0 spiro atoms. The van der Waals surface area contributed by atoms with E-state index in [0.717, 1.165) is 32.1 Å². The Morgan fingerprint density at radius 1 is 1.21 bits per heavy atom. The van der Waals surface area contributed by atoms with Crippen LogP contribution in [0.2, 0.25) is 0 Å². The fourth-order valence-corrected chi connectivity index (χ4v) is 5.11. The third kappa shape index (κ3) is 3.48. The molecule has 1 saturated carbocycles. The molecule has 1 heterocycles. The second-order valence-electron chi connectivity index (χ2n) is 5.51. The smallest absolute Gasteiger partial charge is 0.306 e. The van der Waals surface area contributed by atoms with Gasteiger partial charge in [0.25, 0.3) is 0 Å². The molecule has 0 aromatic carbocycles. The van der Waals surface area contributed by atoms with E-state index < -0.39 is 16.0 Å². The summed E-state index contributed by atoms with van der Waals surface area (Å²) in [5.74, 6) is -0.0562. The van der Waals surface area contributed by atoms with Crippen molar-refractivity contribution >= 4 is 16.0 Å². The van der Waals surface area contributed by atoms with Crippen molar-refractivity contribution in [3.63, 3.8) is 0 Å². The van der Waals surface area contributed by atoms with Crippen molar-refractivity contribution < 1.29 is 17.9 Å². The van der Waals surface area contributed by atoms with Gasteiger partial charge in [0.1, 0.15) is 0 Å². The maximum absolute atomic E-state index is 12.4. The molecular weight excluding hydrogens is 266 g/mol. The van der Waals surface area contributed by atoms with E-state index >= 15 is 0 Å². The fourth-order valence-electron chi connectivity index (χ4n) is 3.36. The Kier molecular flexibility index (Phi) is 4.84. The number of ether oxygens (including phenoxy) is 1. The summed E-state index contributed by atoms with van der Waals surface area (Å²) in [6.07, 6.45) is 6.50. The first kappa shape index (κ1) is 14.8. The quantitative estimate of drug-likeness (QED) is 0.736. The number of nitrogens with zero attached hydrogens (tertiary/aromatic N) is 1. The van der Waals surface area contributed by atoms with Crippen LogP contribution in [0.5, 0.6) is 0 Å². The van der Waals surface area contributed by atoms with Gasteiger partial charge in [0, 0.05) is 12.6 Å². The molecule has 0 aromatic rings. The maximum atomic E-state index is 12.4. The second-order valence-corrected chi connectivity index (χ2v) is 7.55. The van der Waals surface area contributed by atoms with Crippen molar-refractivity contribution in [2.24, 2.45) is 5.92 Å². The molecule has 0 N–H and O–H groups in total. The summed E-state index contributed by atoms with van der Waals surface area (Å²) < 4.78 is 30.9. The lowest BCUT2D eigenvalue weighted by atomic mass is 9.79. The van der Waals surface area contributed by atoms with Crippen LogP contribution in [-0.4, -0.2) is 44.1 Å². The van der Waals surface area contributed by atoms with Crippen LogP contribution in [0.3, 0.4) is 0 Å². The number of hydrogen-bond donors (Lipinski definition) is 0. The van der Waals surface area contributed by atoms with Gasteiger partial charge in [-0.05, 0) is 31.6 Å². The Bertz CT molecular complexity index is 418. The highest BCUT2D eigenvalue weighted by molar-refractivity contribution is 7.89. The van der Waals surface area contributed by atoms with Crippen LogP contribution in [0.15, 0.2) is 0 Å². The third-order valence-electron chi connectivity index (χ3n) is 4.34. The van der Waals surface area contributed by atoms with E-state index in [1.54, 1.807) is 4.31 Å². The predicted molar refractivity (Wildman–Crippen MR) is 72.1 cm³/mol. The van der Waals surface area contributed by atoms with E-state index in [0.29, 0.717) is 12.5 Å². The first-order valence-electron chi connectivity index (χ1n) is 7.11. The van der Waals surface area contributed by atoms with E-state index in [9.17, 15) is 13.2 Å². The lowest BCUT2D eigenvalue weighted by Crippen LogP contribution is -2.50. The molecule has 0 aromatic heterocycles. The van der Waals surface area contributed by atoms with Crippen LogP contribution < -0.4 is 0 Å². The zero-order valence-corrected chi connectivity index (χ0v) is 12.3. The van der Waals surface area contributed by atoms with Crippen molar-refractivity contribution in [3.05, 3.63) is 0 Å². The number of sulfonamides is 1. The monoisotopic (exact) mass is 289 g/mol. The topological polar surface area (TPSA) is 63.7 Å². The number of carbonyl (C=O) groups is 1. The van der Waals surface area contributed by atoms with Crippen LogP contribution in [0.1, 0.15) is 44.9 Å². The molecule has 19 heavy (non-hydrogen) atoms. The highest BCUT2D eigenvalue weighted by atomic mass is 32.2. The fraction of sp³-hybridized carbons (Fsp3) is 0.923. The normalized spacial score (nSPS) is 28.7. The highest BCUT2D eigenvalue weighted by Gasteiger charge is 2.39. The first-order chi connectivity index (χ1) is 9.04. The highest BCUT2D eigenvalue weighted by Crippen LogP contribution is 2.36. The maximum Gasteiger partial charge on any atom is 0.306 e. The average molecular weight is 289 g/mol. The summed E-state index contributed by atoms with van der Waals surface area (Å²) in [5, 5.41) is 0. The van der Waals surface area contributed by atoms with Crippen LogP contribution in [0, 0.1) is 5.92 Å². The number of methoxy groups -OCH3 is 1. The van der Waals surface area contributed by atoms with Crippen molar-refractivity contribution in [2.45, 2.75) is 51.0 Å². The summed E-state index contributed by atoms with van der Waals surface area (Å²) in [6.45, 7) is 0.616. The zero-order chi connectivity index (χ0) is 13.9. The molecule has 0 radical (unpaired) electrons. The third-order valence-corrected chi connectivity index (χ3v) is 6.23. The molecule has 1 aliphatic heterocycles. The van der Waals surface area contributed by atoms with Crippen LogP contribution >= 0.6 is 0 Å². The SMILES string of the molecule is COC(=O)CCS(=O)(=O)N1CCCC2CCCCC21.